The summed E-state index contributed by atoms with van der Waals surface area (Å²) >= 11 is 0. The Morgan fingerprint density at radius 3 is 2.41 bits per heavy atom. The maximum atomic E-state index is 10.8. The van der Waals surface area contributed by atoms with Crippen LogP contribution in [0.2, 0.25) is 0 Å². The average molecular weight is 295 g/mol. The molecule has 0 atom stereocenters. The van der Waals surface area contributed by atoms with E-state index in [2.05, 4.69) is 10.2 Å². The van der Waals surface area contributed by atoms with Crippen LogP contribution in [0.3, 0.4) is 0 Å². The van der Waals surface area contributed by atoms with E-state index in [0.29, 0.717) is 11.1 Å². The van der Waals surface area contributed by atoms with Crippen LogP contribution in [0.4, 0.5) is 5.69 Å². The first-order chi connectivity index (χ1) is 10.7. The molecule has 0 aliphatic carbocycles. The van der Waals surface area contributed by atoms with Gasteiger partial charge in [0.15, 0.2) is 0 Å². The van der Waals surface area contributed by atoms with Gasteiger partial charge in [0.05, 0.1) is 16.7 Å². The minimum absolute atomic E-state index is 0.0323. The lowest BCUT2D eigenvalue weighted by atomic mass is 10.2. The molecule has 2 rings (SSSR count). The van der Waals surface area contributed by atoms with Crippen molar-refractivity contribution in [2.45, 2.75) is 0 Å². The molecular weight excluding hydrogens is 282 g/mol. The molecule has 0 fully saturated rings. The van der Waals surface area contributed by atoms with Gasteiger partial charge in [-0.1, -0.05) is 24.3 Å². The summed E-state index contributed by atoms with van der Waals surface area (Å²) in [6, 6.07) is 13.2. The van der Waals surface area contributed by atoms with Crippen LogP contribution in [0.1, 0.15) is 11.1 Å². The molecule has 0 saturated heterocycles. The number of benzene rings is 2. The van der Waals surface area contributed by atoms with Crippen LogP contribution in [-0.4, -0.2) is 22.5 Å². The van der Waals surface area contributed by atoms with Gasteiger partial charge in [-0.05, 0) is 30.4 Å². The molecule has 2 aromatic rings. The second-order valence-electron chi connectivity index (χ2n) is 4.24. The number of allylic oxidation sites excluding steroid dienone is 1. The largest absolute Gasteiger partial charge is 0.507 e. The van der Waals surface area contributed by atoms with Gasteiger partial charge in [-0.2, -0.15) is 10.2 Å². The van der Waals surface area contributed by atoms with Gasteiger partial charge in [0.1, 0.15) is 5.75 Å². The summed E-state index contributed by atoms with van der Waals surface area (Å²) in [5, 5.41) is 27.9. The Hall–Kier alpha value is -3.28. The molecule has 0 spiro atoms. The van der Waals surface area contributed by atoms with Crippen molar-refractivity contribution in [3.8, 4) is 5.75 Å². The molecule has 1 N–H and O–H groups in total. The third kappa shape index (κ3) is 4.11. The van der Waals surface area contributed by atoms with Gasteiger partial charge in [0, 0.05) is 17.8 Å². The molecule has 6 nitrogen and oxygen atoms in total. The fourth-order valence-corrected chi connectivity index (χ4v) is 1.71. The lowest BCUT2D eigenvalue weighted by Gasteiger charge is -1.95. The average Bonchev–Trinajstić information content (AvgIpc) is 2.52. The number of aromatic hydroxyl groups is 1. The van der Waals surface area contributed by atoms with E-state index in [1.54, 1.807) is 54.6 Å². The Morgan fingerprint density at radius 2 is 1.68 bits per heavy atom. The number of phenols is 1. The van der Waals surface area contributed by atoms with Gasteiger partial charge in [-0.25, -0.2) is 0 Å². The minimum atomic E-state index is -0.437. The first-order valence-electron chi connectivity index (χ1n) is 6.43. The lowest BCUT2D eigenvalue weighted by Crippen LogP contribution is -1.90. The maximum Gasteiger partial charge on any atom is 0.276 e. The van der Waals surface area contributed by atoms with Gasteiger partial charge < -0.3 is 5.11 Å². The van der Waals surface area contributed by atoms with E-state index < -0.39 is 4.92 Å². The van der Waals surface area contributed by atoms with E-state index in [-0.39, 0.29) is 11.4 Å². The molecule has 0 unspecified atom stereocenters. The summed E-state index contributed by atoms with van der Waals surface area (Å²) in [4.78, 5) is 10.4. The van der Waals surface area contributed by atoms with Gasteiger partial charge >= 0.3 is 0 Å². The number of nitrogens with zero attached hydrogens (tertiary/aromatic N) is 3. The maximum absolute atomic E-state index is 10.8. The number of para-hydroxylation sites is 2. The highest BCUT2D eigenvalue weighted by Crippen LogP contribution is 2.18. The second kappa shape index (κ2) is 7.49. The van der Waals surface area contributed by atoms with Crippen molar-refractivity contribution in [2.75, 3.05) is 0 Å². The van der Waals surface area contributed by atoms with Crippen LogP contribution in [-0.2, 0) is 0 Å². The highest BCUT2D eigenvalue weighted by atomic mass is 16.6. The summed E-state index contributed by atoms with van der Waals surface area (Å²) in [6.45, 7) is 0. The van der Waals surface area contributed by atoms with Gasteiger partial charge in [-0.3, -0.25) is 10.1 Å². The van der Waals surface area contributed by atoms with Crippen molar-refractivity contribution < 1.29 is 10.0 Å². The van der Waals surface area contributed by atoms with E-state index in [1.807, 2.05) is 0 Å². The van der Waals surface area contributed by atoms with Gasteiger partial charge in [0.25, 0.3) is 5.69 Å². The standard InChI is InChI=1S/C16H13N3O3/c20-16-10-4-2-7-14(16)12-18-17-11-5-8-13-6-1-3-9-15(13)19(21)22/h1-12,20H/b8-5-,17-11+,18-12+. The topological polar surface area (TPSA) is 88.1 Å². The lowest BCUT2D eigenvalue weighted by molar-refractivity contribution is -0.385. The summed E-state index contributed by atoms with van der Waals surface area (Å²) in [5.41, 5.74) is 1.08. The molecule has 0 bridgehead atoms. The number of hydrogen-bond acceptors (Lipinski definition) is 5. The molecule has 0 radical (unpaired) electrons. The molecule has 22 heavy (non-hydrogen) atoms. The summed E-state index contributed by atoms with van der Waals surface area (Å²) in [6.07, 6.45) is 5.97. The molecule has 0 saturated carbocycles. The zero-order valence-electron chi connectivity index (χ0n) is 11.5. The normalized spacial score (nSPS) is 11.6. The Morgan fingerprint density at radius 1 is 1.00 bits per heavy atom. The zero-order chi connectivity index (χ0) is 15.8. The van der Waals surface area contributed by atoms with E-state index in [9.17, 15) is 15.2 Å². The monoisotopic (exact) mass is 295 g/mol. The summed E-state index contributed by atoms with van der Waals surface area (Å²) < 4.78 is 0. The Labute approximate surface area is 126 Å². The number of hydrogen-bond donors (Lipinski definition) is 1. The number of phenolic OH excluding ortho intramolecular Hbond substituents is 1. The predicted molar refractivity (Wildman–Crippen MR) is 86.3 cm³/mol. The molecule has 0 heterocycles. The molecule has 0 amide bonds. The number of nitro benzene ring substituents is 1. The molecule has 0 aliphatic rings. The molecule has 0 aromatic heterocycles. The zero-order valence-corrected chi connectivity index (χ0v) is 11.5. The van der Waals surface area contributed by atoms with Crippen LogP contribution in [0, 0.1) is 10.1 Å². The SMILES string of the molecule is O=[N+]([O-])c1ccccc1\C=C/C=N/N=C/c1ccccc1O. The van der Waals surface area contributed by atoms with Crippen LogP contribution >= 0.6 is 0 Å². The number of rotatable bonds is 5. The molecular formula is C16H13N3O3. The Bertz CT molecular complexity index is 752. The third-order valence-electron chi connectivity index (χ3n) is 2.76. The summed E-state index contributed by atoms with van der Waals surface area (Å²) in [7, 11) is 0. The van der Waals surface area contributed by atoms with Crippen LogP contribution in [0.5, 0.6) is 5.75 Å². The predicted octanol–water partition coefficient (Wildman–Crippen LogP) is 3.42. The van der Waals surface area contributed by atoms with Gasteiger partial charge in [-0.15, -0.1) is 0 Å². The molecule has 110 valence electrons. The fourth-order valence-electron chi connectivity index (χ4n) is 1.71. The highest BCUT2D eigenvalue weighted by molar-refractivity contribution is 5.84. The molecule has 6 heteroatoms. The first kappa shape index (κ1) is 15.1. The molecule has 0 aliphatic heterocycles. The quantitative estimate of drug-likeness (QED) is 0.520. The Kier molecular flexibility index (Phi) is 5.15. The molecule has 2 aromatic carbocycles. The van der Waals surface area contributed by atoms with Crippen molar-refractivity contribution in [2.24, 2.45) is 10.2 Å². The smallest absolute Gasteiger partial charge is 0.276 e. The van der Waals surface area contributed by atoms with Crippen molar-refractivity contribution in [3.63, 3.8) is 0 Å². The highest BCUT2D eigenvalue weighted by Gasteiger charge is 2.08. The minimum Gasteiger partial charge on any atom is -0.507 e. The second-order valence-corrected chi connectivity index (χ2v) is 4.24. The fraction of sp³-hybridized carbons (Fsp3) is 0. The van der Waals surface area contributed by atoms with E-state index in [4.69, 9.17) is 0 Å². The first-order valence-corrected chi connectivity index (χ1v) is 6.43. The summed E-state index contributed by atoms with van der Waals surface area (Å²) in [5.74, 6) is 0.122. The number of nitro groups is 1. The van der Waals surface area contributed by atoms with E-state index >= 15 is 0 Å². The van der Waals surface area contributed by atoms with Crippen LogP contribution < -0.4 is 0 Å². The van der Waals surface area contributed by atoms with Crippen molar-refractivity contribution in [3.05, 3.63) is 75.8 Å². The van der Waals surface area contributed by atoms with Crippen molar-refractivity contribution >= 4 is 24.2 Å². The van der Waals surface area contributed by atoms with E-state index in [0.717, 1.165) is 0 Å². The Balaban J connectivity index is 2.01. The van der Waals surface area contributed by atoms with Crippen LogP contribution in [0.15, 0.2) is 64.8 Å². The van der Waals surface area contributed by atoms with Crippen molar-refractivity contribution in [1.82, 2.24) is 0 Å². The van der Waals surface area contributed by atoms with E-state index in [1.165, 1.54) is 18.5 Å². The van der Waals surface area contributed by atoms with Gasteiger partial charge in [0.2, 0.25) is 0 Å². The van der Waals surface area contributed by atoms with Crippen LogP contribution in [0.25, 0.3) is 6.08 Å². The third-order valence-corrected chi connectivity index (χ3v) is 2.76. The van der Waals surface area contributed by atoms with Crippen molar-refractivity contribution in [1.29, 1.82) is 0 Å².